The van der Waals surface area contributed by atoms with Crippen molar-refractivity contribution < 1.29 is 9.59 Å². The van der Waals surface area contributed by atoms with Gasteiger partial charge in [-0.05, 0) is 32.4 Å². The maximum absolute atomic E-state index is 11.2. The summed E-state index contributed by atoms with van der Waals surface area (Å²) in [5.74, 6) is -0.600. The van der Waals surface area contributed by atoms with Crippen LogP contribution in [0.25, 0.3) is 0 Å². The Balaban J connectivity index is 4.06. The molecule has 5 nitrogen and oxygen atoms in total. The Morgan fingerprint density at radius 3 is 2.67 bits per heavy atom. The lowest BCUT2D eigenvalue weighted by Crippen LogP contribution is -2.31. The van der Waals surface area contributed by atoms with Crippen LogP contribution in [-0.4, -0.2) is 24.8 Å². The van der Waals surface area contributed by atoms with Gasteiger partial charge in [0.1, 0.15) is 11.5 Å². The smallest absolute Gasteiger partial charge is 0.275 e. The predicted molar refractivity (Wildman–Crippen MR) is 57.8 cm³/mol. The number of carbonyl (C=O) groups excluding carboxylic acids is 2. The highest BCUT2D eigenvalue weighted by molar-refractivity contribution is 5.94. The number of rotatable bonds is 6. The van der Waals surface area contributed by atoms with Crippen LogP contribution in [0.15, 0.2) is 17.5 Å². The summed E-state index contributed by atoms with van der Waals surface area (Å²) < 4.78 is 0. The quantitative estimate of drug-likeness (QED) is 0.311. The third kappa shape index (κ3) is 7.49. The molecule has 0 aliphatic heterocycles. The lowest BCUT2D eigenvalue weighted by Gasteiger charge is -1.99. The van der Waals surface area contributed by atoms with E-state index < -0.39 is 5.91 Å². The Morgan fingerprint density at radius 2 is 2.13 bits per heavy atom. The van der Waals surface area contributed by atoms with Crippen LogP contribution >= 0.6 is 0 Å². The second-order valence-corrected chi connectivity index (χ2v) is 3.08. The minimum atomic E-state index is -0.478. The topological polar surface area (TPSA) is 98.2 Å². The number of nitrogens with one attached hydrogen (secondary N) is 1. The third-order valence-electron chi connectivity index (χ3n) is 1.55. The van der Waals surface area contributed by atoms with E-state index in [0.29, 0.717) is 6.54 Å². The van der Waals surface area contributed by atoms with Crippen LogP contribution in [-0.2, 0) is 9.59 Å². The lowest BCUT2D eigenvalue weighted by atomic mass is 10.3. The Labute approximate surface area is 89.2 Å². The van der Waals surface area contributed by atoms with Gasteiger partial charge in [0, 0.05) is 0 Å². The average molecular weight is 211 g/mol. The highest BCUT2D eigenvalue weighted by atomic mass is 16.2. The highest BCUT2D eigenvalue weighted by Gasteiger charge is 2.03. The fraction of sp³-hybridized carbons (Fsp3) is 0.500. The Morgan fingerprint density at radius 1 is 1.47 bits per heavy atom. The predicted octanol–water partition coefficient (Wildman–Crippen LogP) is -0.572. The minimum absolute atomic E-state index is 0.00991. The summed E-state index contributed by atoms with van der Waals surface area (Å²) in [6, 6.07) is 0. The summed E-state index contributed by atoms with van der Waals surface area (Å²) in [5.41, 5.74) is 13.3. The molecule has 5 N–H and O–H groups in total. The van der Waals surface area contributed by atoms with Gasteiger partial charge in [0.05, 0.1) is 6.54 Å². The van der Waals surface area contributed by atoms with Gasteiger partial charge in [0.25, 0.3) is 5.91 Å². The van der Waals surface area contributed by atoms with E-state index >= 15 is 0 Å². The lowest BCUT2D eigenvalue weighted by molar-refractivity contribution is -0.122. The molecule has 0 aromatic rings. The zero-order valence-corrected chi connectivity index (χ0v) is 8.88. The summed E-state index contributed by atoms with van der Waals surface area (Å²) >= 11 is 0. The van der Waals surface area contributed by atoms with E-state index in [4.69, 9.17) is 11.5 Å². The summed E-state index contributed by atoms with van der Waals surface area (Å²) in [6.45, 7) is 1.97. The fourth-order valence-electron chi connectivity index (χ4n) is 0.768. The number of ketones is 1. The number of hydrogen-bond donors (Lipinski definition) is 3. The van der Waals surface area contributed by atoms with Crippen molar-refractivity contribution in [3.8, 4) is 0 Å². The number of amides is 1. The van der Waals surface area contributed by atoms with Gasteiger partial charge < -0.3 is 16.8 Å². The largest absolute Gasteiger partial charge is 0.388 e. The molecular formula is C10H17N3O2. The molecule has 0 aliphatic rings. The Kier molecular flexibility index (Phi) is 6.97. The molecule has 0 heterocycles. The number of hydrogen-bond acceptors (Lipinski definition) is 4. The SMILES string of the molecule is CC(=O)CNC(=O)C(N)=C=CCCCN. The van der Waals surface area contributed by atoms with Gasteiger partial charge in [-0.15, -0.1) is 0 Å². The second-order valence-electron chi connectivity index (χ2n) is 3.08. The fourth-order valence-corrected chi connectivity index (χ4v) is 0.768. The van der Waals surface area contributed by atoms with Gasteiger partial charge in [0.15, 0.2) is 0 Å². The summed E-state index contributed by atoms with van der Waals surface area (Å²) in [6.07, 6.45) is 3.22. The van der Waals surface area contributed by atoms with Gasteiger partial charge in [-0.25, -0.2) is 0 Å². The highest BCUT2D eigenvalue weighted by Crippen LogP contribution is 1.88. The van der Waals surface area contributed by atoms with Crippen molar-refractivity contribution in [1.29, 1.82) is 0 Å². The Hall–Kier alpha value is -1.58. The van der Waals surface area contributed by atoms with Gasteiger partial charge in [-0.3, -0.25) is 9.59 Å². The van der Waals surface area contributed by atoms with Crippen molar-refractivity contribution in [3.63, 3.8) is 0 Å². The molecule has 0 atom stereocenters. The van der Waals surface area contributed by atoms with E-state index in [9.17, 15) is 9.59 Å². The first kappa shape index (κ1) is 13.4. The number of unbranched alkanes of at least 4 members (excludes halogenated alkanes) is 1. The summed E-state index contributed by atoms with van der Waals surface area (Å²) in [7, 11) is 0. The van der Waals surface area contributed by atoms with Crippen molar-refractivity contribution in [2.45, 2.75) is 19.8 Å². The van der Waals surface area contributed by atoms with E-state index in [1.165, 1.54) is 6.92 Å². The van der Waals surface area contributed by atoms with Crippen molar-refractivity contribution in [3.05, 3.63) is 17.5 Å². The van der Waals surface area contributed by atoms with Crippen LogP contribution in [0.2, 0.25) is 0 Å². The molecule has 0 spiro atoms. The van der Waals surface area contributed by atoms with Crippen LogP contribution in [0.3, 0.4) is 0 Å². The molecule has 0 aromatic heterocycles. The molecular weight excluding hydrogens is 194 g/mol. The molecule has 0 saturated carbocycles. The van der Waals surface area contributed by atoms with Crippen LogP contribution < -0.4 is 16.8 Å². The number of nitrogens with two attached hydrogens (primary N) is 2. The molecule has 5 heteroatoms. The molecule has 0 unspecified atom stereocenters. The molecule has 0 fully saturated rings. The van der Waals surface area contributed by atoms with Crippen LogP contribution in [0.4, 0.5) is 0 Å². The van der Waals surface area contributed by atoms with E-state index in [0.717, 1.165) is 12.8 Å². The molecule has 0 bridgehead atoms. The molecule has 1 amide bonds. The molecule has 0 saturated heterocycles. The van der Waals surface area contributed by atoms with Crippen LogP contribution in [0, 0.1) is 0 Å². The molecule has 0 aliphatic carbocycles. The van der Waals surface area contributed by atoms with E-state index in [2.05, 4.69) is 11.0 Å². The summed E-state index contributed by atoms with van der Waals surface area (Å²) in [5, 5.41) is 2.37. The van der Waals surface area contributed by atoms with Crippen LogP contribution in [0.5, 0.6) is 0 Å². The monoisotopic (exact) mass is 211 g/mol. The van der Waals surface area contributed by atoms with Crippen molar-refractivity contribution >= 4 is 11.7 Å². The molecule has 0 rings (SSSR count). The number of Topliss-reactive ketones (excluding diaryl/α,β-unsaturated/α-hetero) is 1. The first-order chi connectivity index (χ1) is 7.07. The van der Waals surface area contributed by atoms with Gasteiger partial charge in [-0.1, -0.05) is 5.73 Å². The standard InChI is InChI=1S/C10H17N3O2/c1-8(14)7-13-10(15)9(12)5-3-2-4-6-11/h3H,2,4,6-7,11-12H2,1H3,(H,13,15). The zero-order valence-electron chi connectivity index (χ0n) is 8.88. The number of carbonyl (C=O) groups is 2. The molecule has 84 valence electrons. The first-order valence-electron chi connectivity index (χ1n) is 4.76. The van der Waals surface area contributed by atoms with Gasteiger partial charge in [0.2, 0.25) is 0 Å². The molecule has 15 heavy (non-hydrogen) atoms. The zero-order chi connectivity index (χ0) is 11.7. The first-order valence-corrected chi connectivity index (χ1v) is 4.76. The van der Waals surface area contributed by atoms with E-state index in [1.54, 1.807) is 6.08 Å². The molecule has 0 aromatic carbocycles. The van der Waals surface area contributed by atoms with Gasteiger partial charge >= 0.3 is 0 Å². The second kappa shape index (κ2) is 7.79. The maximum atomic E-state index is 11.2. The average Bonchev–Trinajstić information content (AvgIpc) is 2.20. The van der Waals surface area contributed by atoms with E-state index in [1.807, 2.05) is 0 Å². The summed E-state index contributed by atoms with van der Waals surface area (Å²) in [4.78, 5) is 21.7. The maximum Gasteiger partial charge on any atom is 0.275 e. The Bertz CT molecular complexity index is 291. The van der Waals surface area contributed by atoms with Crippen molar-refractivity contribution in [1.82, 2.24) is 5.32 Å². The van der Waals surface area contributed by atoms with Crippen molar-refractivity contribution in [2.24, 2.45) is 11.5 Å². The normalized spacial score (nSPS) is 8.93. The van der Waals surface area contributed by atoms with Gasteiger partial charge in [-0.2, -0.15) is 0 Å². The van der Waals surface area contributed by atoms with E-state index in [-0.39, 0.29) is 18.0 Å². The third-order valence-corrected chi connectivity index (χ3v) is 1.55. The molecule has 0 radical (unpaired) electrons. The van der Waals surface area contributed by atoms with Crippen LogP contribution in [0.1, 0.15) is 19.8 Å². The minimum Gasteiger partial charge on any atom is -0.388 e. The van der Waals surface area contributed by atoms with Crippen molar-refractivity contribution in [2.75, 3.05) is 13.1 Å².